The molecule has 2 aromatic rings. The molecule has 0 fully saturated rings. The van der Waals surface area contributed by atoms with E-state index in [9.17, 15) is 9.18 Å². The van der Waals surface area contributed by atoms with Crippen LogP contribution in [0, 0.1) is 5.82 Å². The SMILES string of the molecule is Nc1cccc(CNC(=O)c2ccc(F)c(Br)c2)c1. The Balaban J connectivity index is 2.03. The Hall–Kier alpha value is -1.88. The molecule has 19 heavy (non-hydrogen) atoms. The van der Waals surface area contributed by atoms with Gasteiger partial charge in [0.05, 0.1) is 4.47 Å². The molecule has 0 aliphatic heterocycles. The van der Waals surface area contributed by atoms with Gasteiger partial charge in [0.15, 0.2) is 0 Å². The van der Waals surface area contributed by atoms with Gasteiger partial charge in [-0.15, -0.1) is 0 Å². The van der Waals surface area contributed by atoms with Gasteiger partial charge in [0, 0.05) is 17.8 Å². The molecule has 0 radical (unpaired) electrons. The Morgan fingerprint density at radius 1 is 1.26 bits per heavy atom. The Morgan fingerprint density at radius 3 is 2.74 bits per heavy atom. The number of rotatable bonds is 3. The Bertz CT molecular complexity index is 616. The molecule has 0 saturated heterocycles. The number of hydrogen-bond acceptors (Lipinski definition) is 2. The zero-order chi connectivity index (χ0) is 13.8. The first-order valence-electron chi connectivity index (χ1n) is 5.64. The lowest BCUT2D eigenvalue weighted by molar-refractivity contribution is 0.0951. The number of carbonyl (C=O) groups is 1. The summed E-state index contributed by atoms with van der Waals surface area (Å²) in [5.74, 6) is -0.657. The van der Waals surface area contributed by atoms with Crippen LogP contribution in [0.2, 0.25) is 0 Å². The van der Waals surface area contributed by atoms with Crippen molar-refractivity contribution in [2.75, 3.05) is 5.73 Å². The van der Waals surface area contributed by atoms with E-state index in [2.05, 4.69) is 21.2 Å². The van der Waals surface area contributed by atoms with Crippen LogP contribution in [0.15, 0.2) is 46.9 Å². The molecule has 0 aliphatic rings. The van der Waals surface area contributed by atoms with E-state index in [1.807, 2.05) is 12.1 Å². The first-order valence-corrected chi connectivity index (χ1v) is 6.43. The minimum atomic E-state index is -0.396. The highest BCUT2D eigenvalue weighted by molar-refractivity contribution is 9.10. The van der Waals surface area contributed by atoms with E-state index < -0.39 is 5.82 Å². The van der Waals surface area contributed by atoms with Crippen LogP contribution >= 0.6 is 15.9 Å². The van der Waals surface area contributed by atoms with Gasteiger partial charge in [0.2, 0.25) is 0 Å². The van der Waals surface area contributed by atoms with E-state index in [4.69, 9.17) is 5.73 Å². The highest BCUT2D eigenvalue weighted by atomic mass is 79.9. The molecule has 0 atom stereocenters. The predicted octanol–water partition coefficient (Wildman–Crippen LogP) is 3.10. The predicted molar refractivity (Wildman–Crippen MR) is 76.1 cm³/mol. The van der Waals surface area contributed by atoms with E-state index in [0.717, 1.165) is 5.56 Å². The molecule has 3 N–H and O–H groups in total. The fourth-order valence-corrected chi connectivity index (χ4v) is 2.00. The maximum Gasteiger partial charge on any atom is 0.251 e. The summed E-state index contributed by atoms with van der Waals surface area (Å²) in [7, 11) is 0. The van der Waals surface area contributed by atoms with Crippen LogP contribution < -0.4 is 11.1 Å². The molecule has 98 valence electrons. The summed E-state index contributed by atoms with van der Waals surface area (Å²) in [6, 6.07) is 11.4. The summed E-state index contributed by atoms with van der Waals surface area (Å²) < 4.78 is 13.3. The molecule has 0 heterocycles. The fourth-order valence-electron chi connectivity index (χ4n) is 1.62. The van der Waals surface area contributed by atoms with Crippen molar-refractivity contribution in [3.05, 3.63) is 63.9 Å². The largest absolute Gasteiger partial charge is 0.399 e. The van der Waals surface area contributed by atoms with Gasteiger partial charge in [-0.1, -0.05) is 12.1 Å². The standard InChI is InChI=1S/C14H12BrFN2O/c15-12-7-10(4-5-13(12)16)14(19)18-8-9-2-1-3-11(17)6-9/h1-7H,8,17H2,(H,18,19). The van der Waals surface area contributed by atoms with Gasteiger partial charge in [-0.05, 0) is 51.8 Å². The van der Waals surface area contributed by atoms with Gasteiger partial charge >= 0.3 is 0 Å². The second-order valence-electron chi connectivity index (χ2n) is 4.06. The topological polar surface area (TPSA) is 55.1 Å². The first kappa shape index (κ1) is 13.5. The van der Waals surface area contributed by atoms with E-state index >= 15 is 0 Å². The minimum Gasteiger partial charge on any atom is -0.399 e. The highest BCUT2D eigenvalue weighted by Gasteiger charge is 2.08. The molecular formula is C14H12BrFN2O. The van der Waals surface area contributed by atoms with Gasteiger partial charge in [0.25, 0.3) is 5.91 Å². The normalized spacial score (nSPS) is 10.2. The maximum atomic E-state index is 13.1. The number of amides is 1. The van der Waals surface area contributed by atoms with Crippen molar-refractivity contribution < 1.29 is 9.18 Å². The van der Waals surface area contributed by atoms with Crippen LogP contribution in [0.3, 0.4) is 0 Å². The van der Waals surface area contributed by atoms with Crippen LogP contribution in [0.4, 0.5) is 10.1 Å². The highest BCUT2D eigenvalue weighted by Crippen LogP contribution is 2.16. The van der Waals surface area contributed by atoms with Crippen molar-refractivity contribution >= 4 is 27.5 Å². The number of nitrogen functional groups attached to an aromatic ring is 1. The lowest BCUT2D eigenvalue weighted by Crippen LogP contribution is -2.22. The van der Waals surface area contributed by atoms with Gasteiger partial charge in [-0.25, -0.2) is 4.39 Å². The quantitative estimate of drug-likeness (QED) is 0.853. The summed E-state index contributed by atoms with van der Waals surface area (Å²) >= 11 is 3.05. The molecule has 5 heteroatoms. The first-order chi connectivity index (χ1) is 9.06. The molecule has 0 aliphatic carbocycles. The number of benzene rings is 2. The Labute approximate surface area is 118 Å². The van der Waals surface area contributed by atoms with Gasteiger partial charge in [0.1, 0.15) is 5.82 Å². The number of nitrogens with one attached hydrogen (secondary N) is 1. The number of hydrogen-bond donors (Lipinski definition) is 2. The number of nitrogens with two attached hydrogens (primary N) is 1. The van der Waals surface area contributed by atoms with E-state index in [1.54, 1.807) is 12.1 Å². The molecule has 0 unspecified atom stereocenters. The van der Waals surface area contributed by atoms with Gasteiger partial charge in [-0.2, -0.15) is 0 Å². The summed E-state index contributed by atoms with van der Waals surface area (Å²) in [6.07, 6.45) is 0. The molecule has 1 amide bonds. The zero-order valence-electron chi connectivity index (χ0n) is 9.99. The summed E-state index contributed by atoms with van der Waals surface area (Å²) in [5, 5.41) is 2.75. The van der Waals surface area contributed by atoms with Crippen molar-refractivity contribution in [1.29, 1.82) is 0 Å². The van der Waals surface area contributed by atoms with Gasteiger partial charge in [-0.3, -0.25) is 4.79 Å². The monoisotopic (exact) mass is 322 g/mol. The molecule has 0 spiro atoms. The van der Waals surface area contributed by atoms with Crippen molar-refractivity contribution in [2.24, 2.45) is 0 Å². The summed E-state index contributed by atoms with van der Waals surface area (Å²) in [6.45, 7) is 0.374. The minimum absolute atomic E-state index is 0.261. The zero-order valence-corrected chi connectivity index (χ0v) is 11.6. The van der Waals surface area contributed by atoms with Crippen molar-refractivity contribution in [1.82, 2.24) is 5.32 Å². The third kappa shape index (κ3) is 3.54. The molecule has 2 aromatic carbocycles. The van der Waals surface area contributed by atoms with E-state index in [1.165, 1.54) is 18.2 Å². The average Bonchev–Trinajstić information content (AvgIpc) is 2.39. The van der Waals surface area contributed by atoms with Crippen LogP contribution in [-0.4, -0.2) is 5.91 Å². The van der Waals surface area contributed by atoms with Crippen LogP contribution in [0.5, 0.6) is 0 Å². The average molecular weight is 323 g/mol. The fraction of sp³-hybridized carbons (Fsp3) is 0.0714. The molecule has 0 aromatic heterocycles. The number of anilines is 1. The smallest absolute Gasteiger partial charge is 0.251 e. The molecule has 3 nitrogen and oxygen atoms in total. The van der Waals surface area contributed by atoms with Crippen LogP contribution in [0.25, 0.3) is 0 Å². The van der Waals surface area contributed by atoms with Gasteiger partial charge < -0.3 is 11.1 Å². The third-order valence-electron chi connectivity index (χ3n) is 2.59. The van der Waals surface area contributed by atoms with Crippen molar-refractivity contribution in [3.8, 4) is 0 Å². The molecule has 2 rings (SSSR count). The summed E-state index contributed by atoms with van der Waals surface area (Å²) in [4.78, 5) is 11.9. The Morgan fingerprint density at radius 2 is 2.05 bits per heavy atom. The second-order valence-corrected chi connectivity index (χ2v) is 4.91. The number of halogens is 2. The molecule has 0 saturated carbocycles. The van der Waals surface area contributed by atoms with Crippen LogP contribution in [-0.2, 0) is 6.54 Å². The lowest BCUT2D eigenvalue weighted by Gasteiger charge is -2.06. The summed E-state index contributed by atoms with van der Waals surface area (Å²) in [5.41, 5.74) is 7.61. The second kappa shape index (κ2) is 5.84. The lowest BCUT2D eigenvalue weighted by atomic mass is 10.2. The number of carbonyl (C=O) groups excluding carboxylic acids is 1. The molecular weight excluding hydrogens is 311 g/mol. The van der Waals surface area contributed by atoms with E-state index in [-0.39, 0.29) is 10.4 Å². The maximum absolute atomic E-state index is 13.1. The molecule has 0 bridgehead atoms. The van der Waals surface area contributed by atoms with Crippen LogP contribution in [0.1, 0.15) is 15.9 Å². The third-order valence-corrected chi connectivity index (χ3v) is 3.19. The Kier molecular flexibility index (Phi) is 4.16. The van der Waals surface area contributed by atoms with Crippen molar-refractivity contribution in [3.63, 3.8) is 0 Å². The van der Waals surface area contributed by atoms with Crippen molar-refractivity contribution in [2.45, 2.75) is 6.54 Å². The van der Waals surface area contributed by atoms with E-state index in [0.29, 0.717) is 17.8 Å².